The fourth-order valence-corrected chi connectivity index (χ4v) is 2.36. The van der Waals surface area contributed by atoms with Gasteiger partial charge < -0.3 is 9.52 Å². The predicted molar refractivity (Wildman–Crippen MR) is 63.1 cm³/mol. The van der Waals surface area contributed by atoms with Crippen molar-refractivity contribution >= 4 is 11.0 Å². The Hall–Kier alpha value is -1.35. The molecular weight excluding hydrogens is 219 g/mol. The molecule has 0 spiro atoms. The summed E-state index contributed by atoms with van der Waals surface area (Å²) in [6.07, 6.45) is 3.86. The van der Waals surface area contributed by atoms with Crippen molar-refractivity contribution in [1.82, 2.24) is 0 Å². The number of halogens is 1. The molecule has 1 saturated carbocycles. The van der Waals surface area contributed by atoms with Gasteiger partial charge in [0.1, 0.15) is 23.3 Å². The topological polar surface area (TPSA) is 33.4 Å². The largest absolute Gasteiger partial charge is 0.458 e. The third kappa shape index (κ3) is 2.07. The molecule has 2 aromatic rings. The molecule has 1 fully saturated rings. The lowest BCUT2D eigenvalue weighted by molar-refractivity contribution is 0.1000. The molecule has 0 aliphatic heterocycles. The van der Waals surface area contributed by atoms with E-state index < -0.39 is 6.10 Å². The second-order valence-corrected chi connectivity index (χ2v) is 4.88. The molecule has 3 heteroatoms. The normalized spacial score (nSPS) is 18.2. The highest BCUT2D eigenvalue weighted by Crippen LogP contribution is 2.36. The lowest BCUT2D eigenvalue weighted by Gasteiger charge is -2.26. The molecule has 1 aliphatic carbocycles. The van der Waals surface area contributed by atoms with Crippen LogP contribution in [0.4, 0.5) is 4.39 Å². The van der Waals surface area contributed by atoms with Crippen LogP contribution < -0.4 is 0 Å². The van der Waals surface area contributed by atoms with Gasteiger partial charge in [-0.15, -0.1) is 0 Å². The van der Waals surface area contributed by atoms with Crippen molar-refractivity contribution in [1.29, 1.82) is 0 Å². The molecule has 90 valence electrons. The molecule has 1 aromatic carbocycles. The molecule has 1 heterocycles. The van der Waals surface area contributed by atoms with E-state index in [1.54, 1.807) is 12.1 Å². The third-order valence-electron chi connectivity index (χ3n) is 3.61. The van der Waals surface area contributed by atoms with Crippen molar-refractivity contribution in [3.63, 3.8) is 0 Å². The molecule has 1 aliphatic rings. The molecule has 3 rings (SSSR count). The van der Waals surface area contributed by atoms with Gasteiger partial charge in [-0.2, -0.15) is 0 Å². The van der Waals surface area contributed by atoms with Crippen molar-refractivity contribution in [3.05, 3.63) is 35.8 Å². The minimum absolute atomic E-state index is 0.279. The van der Waals surface area contributed by atoms with E-state index in [2.05, 4.69) is 0 Å². The van der Waals surface area contributed by atoms with Crippen molar-refractivity contribution in [2.45, 2.75) is 31.8 Å². The Bertz CT molecular complexity index is 528. The van der Waals surface area contributed by atoms with E-state index in [1.807, 2.05) is 0 Å². The lowest BCUT2D eigenvalue weighted by Crippen LogP contribution is -2.14. The van der Waals surface area contributed by atoms with Gasteiger partial charge in [-0.1, -0.05) is 19.3 Å². The van der Waals surface area contributed by atoms with Crippen LogP contribution in [0.25, 0.3) is 11.0 Å². The van der Waals surface area contributed by atoms with Crippen molar-refractivity contribution < 1.29 is 13.9 Å². The summed E-state index contributed by atoms with van der Waals surface area (Å²) < 4.78 is 18.6. The number of aliphatic hydroxyl groups is 1. The van der Waals surface area contributed by atoms with Crippen LogP contribution in [-0.4, -0.2) is 5.11 Å². The highest BCUT2D eigenvalue weighted by atomic mass is 19.1. The van der Waals surface area contributed by atoms with E-state index in [9.17, 15) is 9.50 Å². The molecule has 0 radical (unpaired) electrons. The molecule has 1 N–H and O–H groups in total. The summed E-state index contributed by atoms with van der Waals surface area (Å²) in [5, 5.41) is 10.8. The van der Waals surface area contributed by atoms with Crippen LogP contribution in [0, 0.1) is 11.7 Å². The van der Waals surface area contributed by atoms with Crippen molar-refractivity contribution in [2.24, 2.45) is 5.92 Å². The Morgan fingerprint density at radius 3 is 2.88 bits per heavy atom. The number of furan rings is 1. The van der Waals surface area contributed by atoms with Gasteiger partial charge in [0.2, 0.25) is 0 Å². The minimum atomic E-state index is -0.559. The Morgan fingerprint density at radius 1 is 1.35 bits per heavy atom. The summed E-state index contributed by atoms with van der Waals surface area (Å²) in [6.45, 7) is 0. The maximum absolute atomic E-state index is 13.0. The Balaban J connectivity index is 1.83. The fraction of sp³-hybridized carbons (Fsp3) is 0.429. The molecule has 0 amide bonds. The quantitative estimate of drug-likeness (QED) is 0.876. The van der Waals surface area contributed by atoms with Crippen LogP contribution >= 0.6 is 0 Å². The molecule has 1 unspecified atom stereocenters. The number of aliphatic hydroxyl groups excluding tert-OH is 1. The first-order valence-electron chi connectivity index (χ1n) is 6.09. The fourth-order valence-electron chi connectivity index (χ4n) is 2.36. The van der Waals surface area contributed by atoms with Crippen LogP contribution in [-0.2, 0) is 0 Å². The molecule has 1 aromatic heterocycles. The summed E-state index contributed by atoms with van der Waals surface area (Å²) >= 11 is 0. The number of fused-ring (bicyclic) bond motifs is 1. The van der Waals surface area contributed by atoms with Crippen LogP contribution in [0.15, 0.2) is 28.7 Å². The average Bonchev–Trinajstić information content (AvgIpc) is 2.65. The van der Waals surface area contributed by atoms with Crippen LogP contribution in [0.2, 0.25) is 0 Å². The number of hydrogen-bond donors (Lipinski definition) is 1. The zero-order valence-corrected chi connectivity index (χ0v) is 9.53. The molecule has 0 bridgehead atoms. The van der Waals surface area contributed by atoms with Gasteiger partial charge in [0.15, 0.2) is 0 Å². The summed E-state index contributed by atoms with van der Waals surface area (Å²) in [6, 6.07) is 6.14. The first kappa shape index (κ1) is 10.8. The van der Waals surface area contributed by atoms with Gasteiger partial charge in [0.25, 0.3) is 0 Å². The Labute approximate surface area is 99.1 Å². The third-order valence-corrected chi connectivity index (χ3v) is 3.61. The SMILES string of the molecule is OC(CC1CCC1)c1cc2cc(F)ccc2o1. The zero-order valence-electron chi connectivity index (χ0n) is 9.53. The van der Waals surface area contributed by atoms with Gasteiger partial charge in [0.05, 0.1) is 0 Å². The van der Waals surface area contributed by atoms with Crippen LogP contribution in [0.3, 0.4) is 0 Å². The molecule has 1 atom stereocenters. The standard InChI is InChI=1S/C14H15FO2/c15-11-4-5-13-10(7-11)8-14(17-13)12(16)6-9-2-1-3-9/h4-5,7-9,12,16H,1-3,6H2. The van der Waals surface area contributed by atoms with Crippen molar-refractivity contribution in [2.75, 3.05) is 0 Å². The Kier molecular flexibility index (Phi) is 2.63. The van der Waals surface area contributed by atoms with Gasteiger partial charge in [-0.05, 0) is 36.6 Å². The second kappa shape index (κ2) is 4.15. The first-order valence-corrected chi connectivity index (χ1v) is 6.09. The van der Waals surface area contributed by atoms with Crippen LogP contribution in [0.5, 0.6) is 0 Å². The van der Waals surface area contributed by atoms with Crippen molar-refractivity contribution in [3.8, 4) is 0 Å². The number of benzene rings is 1. The van der Waals surface area contributed by atoms with Gasteiger partial charge in [-0.25, -0.2) is 4.39 Å². The molecule has 0 saturated heterocycles. The minimum Gasteiger partial charge on any atom is -0.458 e. The van der Waals surface area contributed by atoms with Gasteiger partial charge in [0, 0.05) is 5.39 Å². The second-order valence-electron chi connectivity index (χ2n) is 4.88. The van der Waals surface area contributed by atoms with E-state index in [4.69, 9.17) is 4.42 Å². The Morgan fingerprint density at radius 2 is 2.18 bits per heavy atom. The maximum atomic E-state index is 13.0. The highest BCUT2D eigenvalue weighted by molar-refractivity contribution is 5.77. The van der Waals surface area contributed by atoms with E-state index in [-0.39, 0.29) is 5.82 Å². The predicted octanol–water partition coefficient (Wildman–Crippen LogP) is 3.80. The highest BCUT2D eigenvalue weighted by Gasteiger charge is 2.23. The lowest BCUT2D eigenvalue weighted by atomic mass is 9.81. The van der Waals surface area contributed by atoms with E-state index in [0.29, 0.717) is 22.6 Å². The monoisotopic (exact) mass is 234 g/mol. The van der Waals surface area contributed by atoms with Gasteiger partial charge >= 0.3 is 0 Å². The first-order chi connectivity index (χ1) is 8.22. The summed E-state index contributed by atoms with van der Waals surface area (Å²) in [5.41, 5.74) is 0.633. The van der Waals surface area contributed by atoms with E-state index >= 15 is 0 Å². The maximum Gasteiger partial charge on any atom is 0.134 e. The zero-order chi connectivity index (χ0) is 11.8. The van der Waals surface area contributed by atoms with E-state index in [1.165, 1.54) is 31.4 Å². The van der Waals surface area contributed by atoms with Gasteiger partial charge in [-0.3, -0.25) is 0 Å². The number of hydrogen-bond acceptors (Lipinski definition) is 2. The molecule has 2 nitrogen and oxygen atoms in total. The average molecular weight is 234 g/mol. The smallest absolute Gasteiger partial charge is 0.134 e. The summed E-state index contributed by atoms with van der Waals surface area (Å²) in [4.78, 5) is 0. The van der Waals surface area contributed by atoms with E-state index in [0.717, 1.165) is 6.42 Å². The van der Waals surface area contributed by atoms with Crippen LogP contribution in [0.1, 0.15) is 37.5 Å². The molecule has 17 heavy (non-hydrogen) atoms. The number of rotatable bonds is 3. The summed E-state index contributed by atoms with van der Waals surface area (Å²) in [5.74, 6) is 0.894. The summed E-state index contributed by atoms with van der Waals surface area (Å²) in [7, 11) is 0. The molecular formula is C14H15FO2.